The Labute approximate surface area is 107 Å². The molecular weight excluding hydrogens is 234 g/mol. The monoisotopic (exact) mass is 255 g/mol. The molecule has 0 saturated heterocycles. The van der Waals surface area contributed by atoms with Crippen molar-refractivity contribution < 1.29 is 4.42 Å². The molecule has 96 valence electrons. The minimum atomic E-state index is 0.438. The van der Waals surface area contributed by atoms with Gasteiger partial charge in [0.1, 0.15) is 6.26 Å². The number of nitrogens with one attached hydrogen (secondary N) is 1. The number of rotatable bonds is 7. The van der Waals surface area contributed by atoms with Gasteiger partial charge in [-0.15, -0.1) is 0 Å². The van der Waals surface area contributed by atoms with E-state index in [9.17, 15) is 0 Å². The van der Waals surface area contributed by atoms with Crippen molar-refractivity contribution >= 4 is 17.8 Å². The number of hydrogen-bond donors (Lipinski definition) is 1. The lowest BCUT2D eigenvalue weighted by atomic mass is 10.4. The van der Waals surface area contributed by atoms with Crippen molar-refractivity contribution in [2.45, 2.75) is 38.4 Å². The second-order valence-corrected chi connectivity index (χ2v) is 5.60. The van der Waals surface area contributed by atoms with Gasteiger partial charge in [-0.1, -0.05) is 0 Å². The van der Waals surface area contributed by atoms with Crippen molar-refractivity contribution in [2.24, 2.45) is 0 Å². The third-order valence-electron chi connectivity index (χ3n) is 3.06. The minimum Gasteiger partial charge on any atom is -0.432 e. The van der Waals surface area contributed by atoms with Crippen LogP contribution in [-0.2, 0) is 6.54 Å². The molecule has 1 aliphatic rings. The summed E-state index contributed by atoms with van der Waals surface area (Å²) in [4.78, 5) is 6.60. The van der Waals surface area contributed by atoms with E-state index in [1.165, 1.54) is 12.8 Å². The highest BCUT2D eigenvalue weighted by Gasteiger charge is 2.21. The Morgan fingerprint density at radius 2 is 2.41 bits per heavy atom. The van der Waals surface area contributed by atoms with Gasteiger partial charge in [0.15, 0.2) is 0 Å². The van der Waals surface area contributed by atoms with Crippen LogP contribution >= 0.6 is 11.8 Å². The first-order valence-corrected chi connectivity index (χ1v) is 7.49. The normalized spacial score (nSPS) is 17.1. The van der Waals surface area contributed by atoms with E-state index in [2.05, 4.69) is 28.4 Å². The van der Waals surface area contributed by atoms with Gasteiger partial charge in [-0.2, -0.15) is 16.7 Å². The fourth-order valence-corrected chi connectivity index (χ4v) is 2.32. The van der Waals surface area contributed by atoms with Crippen molar-refractivity contribution in [2.75, 3.05) is 24.0 Å². The third kappa shape index (κ3) is 3.64. The predicted octanol–water partition coefficient (Wildman–Crippen LogP) is 2.11. The Morgan fingerprint density at radius 3 is 3.06 bits per heavy atom. The van der Waals surface area contributed by atoms with Crippen LogP contribution in [0, 0.1) is 0 Å². The van der Waals surface area contributed by atoms with Crippen LogP contribution in [0.25, 0.3) is 0 Å². The van der Waals surface area contributed by atoms with Gasteiger partial charge in [0.05, 0.1) is 5.69 Å². The molecule has 17 heavy (non-hydrogen) atoms. The van der Waals surface area contributed by atoms with Gasteiger partial charge in [0.2, 0.25) is 0 Å². The summed E-state index contributed by atoms with van der Waals surface area (Å²) in [6, 6.07) is 1.87. The van der Waals surface area contributed by atoms with E-state index >= 15 is 0 Å². The van der Waals surface area contributed by atoms with Crippen LogP contribution in [0.2, 0.25) is 0 Å². The molecule has 0 spiro atoms. The maximum absolute atomic E-state index is 5.51. The van der Waals surface area contributed by atoms with Gasteiger partial charge in [0, 0.05) is 31.4 Å². The summed E-state index contributed by atoms with van der Waals surface area (Å²) < 4.78 is 5.51. The summed E-state index contributed by atoms with van der Waals surface area (Å²) in [6.45, 7) is 3.00. The van der Waals surface area contributed by atoms with Crippen LogP contribution in [0.1, 0.15) is 25.5 Å². The molecule has 0 aliphatic heterocycles. The summed E-state index contributed by atoms with van der Waals surface area (Å²) >= 11 is 1.84. The first-order valence-electron chi connectivity index (χ1n) is 6.10. The summed E-state index contributed by atoms with van der Waals surface area (Å²) in [6.07, 6.45) is 6.47. The van der Waals surface area contributed by atoms with Crippen LogP contribution < -0.4 is 10.2 Å². The molecule has 1 aromatic heterocycles. The molecule has 0 bridgehead atoms. The Hall–Kier alpha value is -0.680. The smallest absolute Gasteiger partial charge is 0.297 e. The van der Waals surface area contributed by atoms with Crippen molar-refractivity contribution in [3.63, 3.8) is 0 Å². The first-order chi connectivity index (χ1) is 8.20. The fourth-order valence-electron chi connectivity index (χ4n) is 1.62. The number of anilines is 1. The van der Waals surface area contributed by atoms with Gasteiger partial charge in [-0.05, 0) is 26.0 Å². The van der Waals surface area contributed by atoms with Crippen molar-refractivity contribution in [3.05, 3.63) is 12.0 Å². The zero-order valence-corrected chi connectivity index (χ0v) is 11.6. The number of oxazole rings is 1. The molecule has 2 rings (SSSR count). The quantitative estimate of drug-likeness (QED) is 0.808. The third-order valence-corrected chi connectivity index (χ3v) is 3.88. The van der Waals surface area contributed by atoms with Crippen molar-refractivity contribution in [1.29, 1.82) is 0 Å². The highest BCUT2D eigenvalue weighted by Crippen LogP contribution is 2.20. The van der Waals surface area contributed by atoms with Crippen LogP contribution in [0.15, 0.2) is 10.7 Å². The van der Waals surface area contributed by atoms with Crippen LogP contribution in [0.3, 0.4) is 0 Å². The molecular formula is C12H21N3OS. The van der Waals surface area contributed by atoms with E-state index in [4.69, 9.17) is 4.42 Å². The Morgan fingerprint density at radius 1 is 1.65 bits per heavy atom. The highest BCUT2D eigenvalue weighted by atomic mass is 32.2. The molecule has 1 aromatic rings. The van der Waals surface area contributed by atoms with Crippen LogP contribution in [0.4, 0.5) is 6.01 Å². The van der Waals surface area contributed by atoms with E-state index in [0.717, 1.165) is 24.0 Å². The molecule has 0 aromatic carbocycles. The largest absolute Gasteiger partial charge is 0.432 e. The van der Waals surface area contributed by atoms with Crippen LogP contribution in [0.5, 0.6) is 0 Å². The number of thioether (sulfide) groups is 1. The zero-order chi connectivity index (χ0) is 12.3. The van der Waals surface area contributed by atoms with E-state index in [1.54, 1.807) is 6.26 Å². The molecule has 4 nitrogen and oxygen atoms in total. The molecule has 1 atom stereocenters. The van der Waals surface area contributed by atoms with Crippen molar-refractivity contribution in [1.82, 2.24) is 10.3 Å². The second kappa shape index (κ2) is 5.78. The van der Waals surface area contributed by atoms with E-state index < -0.39 is 0 Å². The molecule has 0 amide bonds. The molecule has 1 N–H and O–H groups in total. The lowest BCUT2D eigenvalue weighted by Crippen LogP contribution is -2.31. The topological polar surface area (TPSA) is 41.3 Å². The van der Waals surface area contributed by atoms with E-state index in [0.29, 0.717) is 12.1 Å². The average Bonchev–Trinajstić information content (AvgIpc) is 3.03. The van der Waals surface area contributed by atoms with Gasteiger partial charge in [0.25, 0.3) is 6.01 Å². The molecule has 5 heteroatoms. The number of hydrogen-bond acceptors (Lipinski definition) is 5. The molecule has 1 saturated carbocycles. The average molecular weight is 255 g/mol. The summed E-state index contributed by atoms with van der Waals surface area (Å²) in [5.41, 5.74) is 0.995. The molecule has 1 unspecified atom stereocenters. The lowest BCUT2D eigenvalue weighted by Gasteiger charge is -2.21. The van der Waals surface area contributed by atoms with E-state index in [1.807, 2.05) is 18.8 Å². The van der Waals surface area contributed by atoms with Gasteiger partial charge in [-0.25, -0.2) is 0 Å². The maximum atomic E-state index is 5.51. The standard InChI is InChI=1S/C12H21N3OS/c1-9(8-17-3)15(2)12-14-11(7-16-12)6-13-10-4-5-10/h7,9-10,13H,4-6,8H2,1-3H3. The van der Waals surface area contributed by atoms with Gasteiger partial charge in [-0.3, -0.25) is 0 Å². The minimum absolute atomic E-state index is 0.438. The molecule has 0 radical (unpaired) electrons. The number of aromatic nitrogens is 1. The first kappa shape index (κ1) is 12.8. The highest BCUT2D eigenvalue weighted by molar-refractivity contribution is 7.98. The number of nitrogens with zero attached hydrogens (tertiary/aromatic N) is 2. The molecule has 1 fully saturated rings. The Kier molecular flexibility index (Phi) is 4.34. The lowest BCUT2D eigenvalue weighted by molar-refractivity contribution is 0.529. The summed E-state index contributed by atoms with van der Waals surface area (Å²) in [7, 11) is 2.03. The van der Waals surface area contributed by atoms with Gasteiger partial charge >= 0.3 is 0 Å². The zero-order valence-electron chi connectivity index (χ0n) is 10.8. The fraction of sp³-hybridized carbons (Fsp3) is 0.750. The Balaban J connectivity index is 1.86. The SMILES string of the molecule is CSCC(C)N(C)c1nc(CNC2CC2)co1. The van der Waals surface area contributed by atoms with E-state index in [-0.39, 0.29) is 0 Å². The summed E-state index contributed by atoms with van der Waals surface area (Å²) in [5, 5.41) is 3.43. The van der Waals surface area contributed by atoms with Crippen molar-refractivity contribution in [3.8, 4) is 0 Å². The summed E-state index contributed by atoms with van der Waals surface area (Å²) in [5.74, 6) is 1.08. The maximum Gasteiger partial charge on any atom is 0.297 e. The Bertz CT molecular complexity index is 351. The second-order valence-electron chi connectivity index (χ2n) is 4.69. The predicted molar refractivity (Wildman–Crippen MR) is 72.6 cm³/mol. The van der Waals surface area contributed by atoms with Gasteiger partial charge < -0.3 is 14.6 Å². The molecule has 1 aliphatic carbocycles. The molecule has 1 heterocycles. The van der Waals surface area contributed by atoms with Crippen LogP contribution in [-0.4, -0.2) is 36.1 Å².